The van der Waals surface area contributed by atoms with E-state index in [1.807, 2.05) is 48.0 Å². The van der Waals surface area contributed by atoms with Crippen LogP contribution in [0.4, 0.5) is 0 Å². The molecule has 0 fully saturated rings. The van der Waals surface area contributed by atoms with E-state index in [1.54, 1.807) is 0 Å². The van der Waals surface area contributed by atoms with Crippen molar-refractivity contribution in [1.29, 1.82) is 0 Å². The van der Waals surface area contributed by atoms with Gasteiger partial charge in [0.25, 0.3) is 5.91 Å². The minimum absolute atomic E-state index is 0.0628. The van der Waals surface area contributed by atoms with Crippen LogP contribution in [-0.4, -0.2) is 20.1 Å². The Bertz CT molecular complexity index is 804. The Morgan fingerprint density at radius 2 is 2.22 bits per heavy atom. The Kier molecular flexibility index (Phi) is 3.41. The molecule has 0 aromatic carbocycles. The maximum absolute atomic E-state index is 12.5. The molecule has 4 heterocycles. The van der Waals surface area contributed by atoms with E-state index in [0.29, 0.717) is 5.56 Å². The molecule has 1 atom stereocenters. The van der Waals surface area contributed by atoms with Gasteiger partial charge in [0.15, 0.2) is 0 Å². The van der Waals surface area contributed by atoms with Crippen LogP contribution in [0.1, 0.15) is 47.6 Å². The van der Waals surface area contributed by atoms with Crippen LogP contribution < -0.4 is 5.32 Å². The van der Waals surface area contributed by atoms with Crippen LogP contribution in [0.25, 0.3) is 5.52 Å². The number of pyridine rings is 1. The average Bonchev–Trinajstić information content (AvgIpc) is 3.18. The predicted octanol–water partition coefficient (Wildman–Crippen LogP) is 2.96. The van der Waals surface area contributed by atoms with E-state index < -0.39 is 0 Å². The molecule has 0 spiro atoms. The molecule has 1 amide bonds. The van der Waals surface area contributed by atoms with Gasteiger partial charge in [-0.3, -0.25) is 9.48 Å². The Hall–Kier alpha value is -2.56. The molecule has 0 radical (unpaired) electrons. The number of carbonyl (C=O) groups is 1. The van der Waals surface area contributed by atoms with E-state index in [-0.39, 0.29) is 11.9 Å². The van der Waals surface area contributed by atoms with Gasteiger partial charge in [-0.25, -0.2) is 0 Å². The second-order valence-corrected chi connectivity index (χ2v) is 6.20. The summed E-state index contributed by atoms with van der Waals surface area (Å²) in [6.45, 7) is 2.98. The quantitative estimate of drug-likeness (QED) is 0.809. The van der Waals surface area contributed by atoms with Crippen LogP contribution in [0, 0.1) is 0 Å². The fraction of sp³-hybridized carbons (Fsp3) is 0.333. The van der Waals surface area contributed by atoms with Crippen LogP contribution in [0.5, 0.6) is 0 Å². The minimum atomic E-state index is -0.0939. The van der Waals surface area contributed by atoms with Crippen molar-refractivity contribution in [3.8, 4) is 0 Å². The van der Waals surface area contributed by atoms with E-state index in [4.69, 9.17) is 0 Å². The number of nitrogens with one attached hydrogen (secondary N) is 1. The van der Waals surface area contributed by atoms with Crippen molar-refractivity contribution in [2.45, 2.75) is 38.8 Å². The molecule has 5 heteroatoms. The first-order chi connectivity index (χ1) is 11.2. The molecule has 0 aliphatic carbocycles. The summed E-state index contributed by atoms with van der Waals surface area (Å²) in [5.41, 5.74) is 3.91. The van der Waals surface area contributed by atoms with Gasteiger partial charge in [-0.15, -0.1) is 0 Å². The molecule has 3 aromatic heterocycles. The Balaban J connectivity index is 1.52. The summed E-state index contributed by atoms with van der Waals surface area (Å²) < 4.78 is 4.03. The summed E-state index contributed by atoms with van der Waals surface area (Å²) >= 11 is 0. The molecular weight excluding hydrogens is 288 g/mol. The molecule has 118 valence electrons. The molecule has 1 aliphatic rings. The molecule has 0 saturated carbocycles. The maximum atomic E-state index is 12.5. The van der Waals surface area contributed by atoms with Gasteiger partial charge in [0.2, 0.25) is 0 Å². The van der Waals surface area contributed by atoms with Crippen LogP contribution in [0.2, 0.25) is 0 Å². The van der Waals surface area contributed by atoms with Crippen molar-refractivity contribution in [1.82, 2.24) is 19.5 Å². The Morgan fingerprint density at radius 1 is 1.30 bits per heavy atom. The third-order valence-corrected chi connectivity index (χ3v) is 4.49. The van der Waals surface area contributed by atoms with Gasteiger partial charge >= 0.3 is 0 Å². The van der Waals surface area contributed by atoms with Gasteiger partial charge in [0.1, 0.15) is 0 Å². The van der Waals surface area contributed by atoms with Gasteiger partial charge in [0.05, 0.1) is 17.3 Å². The average molecular weight is 308 g/mol. The number of fused-ring (bicyclic) bond motifs is 2. The Morgan fingerprint density at radius 3 is 3.04 bits per heavy atom. The number of amides is 1. The standard InChI is InChI=1S/C18H20N4O/c1-13(17-11-16-7-3-5-9-22(16)20-17)19-18(23)14-10-15-6-2-4-8-21(15)12-14/h2,4,6,8,10-13H,3,5,7,9H2,1H3,(H,19,23). The topological polar surface area (TPSA) is 51.3 Å². The highest BCUT2D eigenvalue weighted by molar-refractivity contribution is 5.95. The number of hydrogen-bond acceptors (Lipinski definition) is 2. The van der Waals surface area contributed by atoms with Gasteiger partial charge in [-0.2, -0.15) is 5.10 Å². The molecule has 5 nitrogen and oxygen atoms in total. The van der Waals surface area contributed by atoms with Gasteiger partial charge < -0.3 is 9.72 Å². The van der Waals surface area contributed by atoms with Gasteiger partial charge in [-0.1, -0.05) is 6.07 Å². The van der Waals surface area contributed by atoms with E-state index >= 15 is 0 Å². The van der Waals surface area contributed by atoms with Crippen molar-refractivity contribution in [3.05, 3.63) is 59.7 Å². The second-order valence-electron chi connectivity index (χ2n) is 6.20. The van der Waals surface area contributed by atoms with E-state index in [1.165, 1.54) is 18.5 Å². The fourth-order valence-corrected chi connectivity index (χ4v) is 3.19. The first kappa shape index (κ1) is 14.1. The summed E-state index contributed by atoms with van der Waals surface area (Å²) in [6.07, 6.45) is 7.29. The smallest absolute Gasteiger partial charge is 0.253 e. The molecule has 4 rings (SSSR count). The zero-order chi connectivity index (χ0) is 15.8. The number of rotatable bonds is 3. The van der Waals surface area contributed by atoms with Crippen LogP contribution >= 0.6 is 0 Å². The number of aromatic nitrogens is 3. The number of carbonyl (C=O) groups excluding carboxylic acids is 1. The van der Waals surface area contributed by atoms with Gasteiger partial charge in [0, 0.05) is 30.1 Å². The molecule has 23 heavy (non-hydrogen) atoms. The number of hydrogen-bond donors (Lipinski definition) is 1. The zero-order valence-corrected chi connectivity index (χ0v) is 13.2. The lowest BCUT2D eigenvalue weighted by atomic mass is 10.1. The maximum Gasteiger partial charge on any atom is 0.253 e. The summed E-state index contributed by atoms with van der Waals surface area (Å²) in [6, 6.07) is 9.84. The van der Waals surface area contributed by atoms with Crippen molar-refractivity contribution in [2.24, 2.45) is 0 Å². The highest BCUT2D eigenvalue weighted by atomic mass is 16.1. The van der Waals surface area contributed by atoms with Crippen molar-refractivity contribution in [3.63, 3.8) is 0 Å². The normalized spacial score (nSPS) is 15.3. The van der Waals surface area contributed by atoms with E-state index in [9.17, 15) is 4.79 Å². The minimum Gasteiger partial charge on any atom is -0.344 e. The van der Waals surface area contributed by atoms with Crippen LogP contribution in [-0.2, 0) is 13.0 Å². The van der Waals surface area contributed by atoms with Crippen LogP contribution in [0.3, 0.4) is 0 Å². The zero-order valence-electron chi connectivity index (χ0n) is 13.2. The van der Waals surface area contributed by atoms with Crippen molar-refractivity contribution < 1.29 is 4.79 Å². The first-order valence-electron chi connectivity index (χ1n) is 8.15. The molecule has 0 saturated heterocycles. The summed E-state index contributed by atoms with van der Waals surface area (Å²) in [5, 5.41) is 7.69. The first-order valence-corrected chi connectivity index (χ1v) is 8.15. The van der Waals surface area contributed by atoms with Crippen molar-refractivity contribution >= 4 is 11.4 Å². The second kappa shape index (κ2) is 5.57. The lowest BCUT2D eigenvalue weighted by Crippen LogP contribution is -2.26. The van der Waals surface area contributed by atoms with Crippen LogP contribution in [0.15, 0.2) is 42.7 Å². The molecule has 1 aliphatic heterocycles. The molecule has 3 aromatic rings. The Labute approximate surface area is 134 Å². The van der Waals surface area contributed by atoms with Gasteiger partial charge in [-0.05, 0) is 50.5 Å². The lowest BCUT2D eigenvalue weighted by Gasteiger charge is -2.12. The summed E-state index contributed by atoms with van der Waals surface area (Å²) in [4.78, 5) is 12.5. The highest BCUT2D eigenvalue weighted by Gasteiger charge is 2.18. The third kappa shape index (κ3) is 2.63. The number of aryl methyl sites for hydroxylation is 2. The number of nitrogens with zero attached hydrogens (tertiary/aromatic N) is 3. The SMILES string of the molecule is CC(NC(=O)c1cc2ccccn2c1)c1cc2n(n1)CCCC2. The summed E-state index contributed by atoms with van der Waals surface area (Å²) in [5.74, 6) is -0.0628. The largest absolute Gasteiger partial charge is 0.344 e. The molecular formula is C18H20N4O. The summed E-state index contributed by atoms with van der Waals surface area (Å²) in [7, 11) is 0. The van der Waals surface area contributed by atoms with E-state index in [2.05, 4.69) is 21.2 Å². The monoisotopic (exact) mass is 308 g/mol. The molecule has 1 N–H and O–H groups in total. The van der Waals surface area contributed by atoms with Crippen molar-refractivity contribution in [2.75, 3.05) is 0 Å². The highest BCUT2D eigenvalue weighted by Crippen LogP contribution is 2.20. The molecule has 1 unspecified atom stereocenters. The third-order valence-electron chi connectivity index (χ3n) is 4.49. The lowest BCUT2D eigenvalue weighted by molar-refractivity contribution is 0.0939. The predicted molar refractivity (Wildman–Crippen MR) is 88.4 cm³/mol. The van der Waals surface area contributed by atoms with E-state index in [0.717, 1.165) is 24.2 Å². The fourth-order valence-electron chi connectivity index (χ4n) is 3.19. The molecule has 0 bridgehead atoms.